The van der Waals surface area contributed by atoms with E-state index < -0.39 is 10.0 Å². The minimum absolute atomic E-state index is 0.0277. The highest BCUT2D eigenvalue weighted by atomic mass is 32.2. The number of carbonyl (C=O) groups excluding carboxylic acids is 1. The van der Waals surface area contributed by atoms with Gasteiger partial charge in [0.2, 0.25) is 15.9 Å². The lowest BCUT2D eigenvalue weighted by Gasteiger charge is -2.23. The molecule has 2 aliphatic rings. The number of amides is 1. The molecule has 1 amide bonds. The summed E-state index contributed by atoms with van der Waals surface area (Å²) in [5, 5.41) is 12.4. The zero-order chi connectivity index (χ0) is 18.0. The fraction of sp³-hybridized carbons (Fsp3) is 0.529. The zero-order valence-electron chi connectivity index (χ0n) is 14.1. The van der Waals surface area contributed by atoms with Crippen molar-refractivity contribution in [3.63, 3.8) is 0 Å². The van der Waals surface area contributed by atoms with E-state index in [2.05, 4.69) is 16.1 Å². The number of hydrogen-bond acceptors (Lipinski definition) is 5. The van der Waals surface area contributed by atoms with Gasteiger partial charge < -0.3 is 10.2 Å². The molecule has 1 aromatic carbocycles. The summed E-state index contributed by atoms with van der Waals surface area (Å²) in [5.41, 5.74) is 1.44. The number of rotatable bonds is 4. The summed E-state index contributed by atoms with van der Waals surface area (Å²) in [4.78, 5) is 14.4. The van der Waals surface area contributed by atoms with Crippen LogP contribution in [0, 0.1) is 11.3 Å². The van der Waals surface area contributed by atoms with Gasteiger partial charge in [-0.25, -0.2) is 8.42 Å². The monoisotopic (exact) mass is 362 g/mol. The molecular weight excluding hydrogens is 340 g/mol. The fourth-order valence-corrected chi connectivity index (χ4v) is 4.26. The minimum Gasteiger partial charge on any atom is -0.325 e. The van der Waals surface area contributed by atoms with E-state index in [0.29, 0.717) is 25.2 Å². The van der Waals surface area contributed by atoms with Crippen LogP contribution in [-0.2, 0) is 14.8 Å². The van der Waals surface area contributed by atoms with Crippen molar-refractivity contribution in [2.24, 2.45) is 0 Å². The van der Waals surface area contributed by atoms with E-state index in [1.165, 1.54) is 0 Å². The van der Waals surface area contributed by atoms with E-state index in [9.17, 15) is 18.5 Å². The summed E-state index contributed by atoms with van der Waals surface area (Å²) >= 11 is 0. The zero-order valence-corrected chi connectivity index (χ0v) is 14.9. The Morgan fingerprint density at radius 1 is 1.40 bits per heavy atom. The molecule has 0 spiro atoms. The molecule has 2 fully saturated rings. The molecule has 2 aliphatic heterocycles. The summed E-state index contributed by atoms with van der Waals surface area (Å²) < 4.78 is 25.7. The Morgan fingerprint density at radius 2 is 2.16 bits per heavy atom. The van der Waals surface area contributed by atoms with Gasteiger partial charge in [0.05, 0.1) is 24.1 Å². The Balaban J connectivity index is 1.73. The van der Waals surface area contributed by atoms with Crippen LogP contribution in [0.4, 0.5) is 5.69 Å². The molecule has 7 nitrogen and oxygen atoms in total. The Labute approximate surface area is 148 Å². The van der Waals surface area contributed by atoms with Crippen LogP contribution in [-0.4, -0.2) is 50.7 Å². The first-order valence-corrected chi connectivity index (χ1v) is 10.3. The van der Waals surface area contributed by atoms with Crippen molar-refractivity contribution >= 4 is 21.6 Å². The van der Waals surface area contributed by atoms with E-state index >= 15 is 0 Å². The van der Waals surface area contributed by atoms with Gasteiger partial charge in [0.25, 0.3) is 0 Å². The molecule has 0 radical (unpaired) electrons. The second-order valence-electron chi connectivity index (χ2n) is 6.67. The summed E-state index contributed by atoms with van der Waals surface area (Å²) in [6.45, 7) is 1.23. The number of hydrogen-bond donors (Lipinski definition) is 2. The van der Waals surface area contributed by atoms with Crippen molar-refractivity contribution in [1.29, 1.82) is 5.26 Å². The average molecular weight is 362 g/mol. The molecule has 2 N–H and O–H groups in total. The number of nitrogens with zero attached hydrogens (tertiary/aromatic N) is 2. The van der Waals surface area contributed by atoms with Crippen molar-refractivity contribution < 1.29 is 13.2 Å². The number of nitriles is 1. The topological polar surface area (TPSA) is 102 Å². The smallest absolute Gasteiger partial charge is 0.240 e. The maximum atomic E-state index is 12.7. The quantitative estimate of drug-likeness (QED) is 0.832. The van der Waals surface area contributed by atoms with E-state index in [4.69, 9.17) is 0 Å². The molecule has 2 saturated heterocycles. The Morgan fingerprint density at radius 3 is 2.88 bits per heavy atom. The van der Waals surface area contributed by atoms with Gasteiger partial charge in [-0.3, -0.25) is 9.52 Å². The van der Waals surface area contributed by atoms with Gasteiger partial charge in [-0.05, 0) is 30.9 Å². The highest BCUT2D eigenvalue weighted by molar-refractivity contribution is 7.92. The standard InChI is InChI=1S/C17H22N4O3S/c1-25(23,24)20-15-7-3-2-6-14(15)12-9-16(19-11-12)17(22)21-8-4-5-13(21)10-18/h2-3,6-7,12-13,16,19-20H,4-5,8-9,11H2,1H3/t12-,13-,16-/m0/s1. The minimum atomic E-state index is -3.36. The summed E-state index contributed by atoms with van der Waals surface area (Å²) in [7, 11) is -3.36. The van der Waals surface area contributed by atoms with Crippen LogP contribution in [0.15, 0.2) is 24.3 Å². The van der Waals surface area contributed by atoms with Crippen molar-refractivity contribution in [3.8, 4) is 6.07 Å². The van der Waals surface area contributed by atoms with Crippen LogP contribution in [0.1, 0.15) is 30.7 Å². The lowest BCUT2D eigenvalue weighted by atomic mass is 9.94. The van der Waals surface area contributed by atoms with Crippen LogP contribution in [0.3, 0.4) is 0 Å². The number of likely N-dealkylation sites (tertiary alicyclic amines) is 1. The Kier molecular flexibility index (Phi) is 4.97. The second-order valence-corrected chi connectivity index (χ2v) is 8.42. The first-order valence-electron chi connectivity index (χ1n) is 8.39. The maximum Gasteiger partial charge on any atom is 0.240 e. The molecule has 0 unspecified atom stereocenters. The van der Waals surface area contributed by atoms with E-state index in [-0.39, 0.29) is 23.9 Å². The maximum absolute atomic E-state index is 12.7. The Bertz CT molecular complexity index is 802. The van der Waals surface area contributed by atoms with E-state index in [0.717, 1.165) is 24.7 Å². The predicted octanol–water partition coefficient (Wildman–Crippen LogP) is 1.02. The SMILES string of the molecule is CS(=O)(=O)Nc1ccccc1[C@@H]1CN[C@H](C(=O)N2CCC[C@H]2C#N)C1. The molecule has 0 aromatic heterocycles. The van der Waals surface area contributed by atoms with Gasteiger partial charge in [-0.1, -0.05) is 18.2 Å². The van der Waals surface area contributed by atoms with E-state index in [1.807, 2.05) is 12.1 Å². The van der Waals surface area contributed by atoms with Gasteiger partial charge in [-0.2, -0.15) is 5.26 Å². The molecule has 3 atom stereocenters. The number of anilines is 1. The molecule has 8 heteroatoms. The fourth-order valence-electron chi connectivity index (χ4n) is 3.67. The van der Waals surface area contributed by atoms with Gasteiger partial charge >= 0.3 is 0 Å². The van der Waals surface area contributed by atoms with Crippen molar-refractivity contribution in [2.75, 3.05) is 24.1 Å². The summed E-state index contributed by atoms with van der Waals surface area (Å²) in [6.07, 6.45) is 3.31. The van der Waals surface area contributed by atoms with Crippen molar-refractivity contribution in [1.82, 2.24) is 10.2 Å². The van der Waals surface area contributed by atoms with Gasteiger partial charge in [0.15, 0.2) is 0 Å². The molecule has 0 bridgehead atoms. The first kappa shape index (κ1) is 17.7. The van der Waals surface area contributed by atoms with Crippen LogP contribution >= 0.6 is 0 Å². The molecule has 0 saturated carbocycles. The van der Waals surface area contributed by atoms with E-state index in [1.54, 1.807) is 17.0 Å². The normalized spacial score (nSPS) is 26.4. The lowest BCUT2D eigenvalue weighted by molar-refractivity contribution is -0.133. The van der Waals surface area contributed by atoms with Crippen LogP contribution < -0.4 is 10.0 Å². The molecule has 134 valence electrons. The van der Waals surface area contributed by atoms with Crippen LogP contribution in [0.5, 0.6) is 0 Å². The van der Waals surface area contributed by atoms with Gasteiger partial charge in [0, 0.05) is 19.0 Å². The van der Waals surface area contributed by atoms with Gasteiger partial charge in [-0.15, -0.1) is 0 Å². The predicted molar refractivity (Wildman–Crippen MR) is 94.4 cm³/mol. The van der Waals surface area contributed by atoms with Crippen LogP contribution in [0.2, 0.25) is 0 Å². The number of benzene rings is 1. The van der Waals surface area contributed by atoms with Crippen molar-refractivity contribution in [2.45, 2.75) is 37.3 Å². The number of carbonyl (C=O) groups is 1. The second kappa shape index (κ2) is 7.02. The molecule has 25 heavy (non-hydrogen) atoms. The molecule has 1 aromatic rings. The van der Waals surface area contributed by atoms with Crippen LogP contribution in [0.25, 0.3) is 0 Å². The highest BCUT2D eigenvalue weighted by Crippen LogP contribution is 2.32. The third kappa shape index (κ3) is 3.94. The van der Waals surface area contributed by atoms with Crippen molar-refractivity contribution in [3.05, 3.63) is 29.8 Å². The lowest BCUT2D eigenvalue weighted by Crippen LogP contribution is -2.45. The largest absolute Gasteiger partial charge is 0.325 e. The first-order chi connectivity index (χ1) is 11.9. The highest BCUT2D eigenvalue weighted by Gasteiger charge is 2.37. The molecule has 2 heterocycles. The molecular formula is C17H22N4O3S. The Hall–Kier alpha value is -2.11. The average Bonchev–Trinajstić information content (AvgIpc) is 3.22. The number of nitrogens with one attached hydrogen (secondary N) is 2. The third-order valence-corrected chi connectivity index (χ3v) is 5.40. The molecule has 0 aliphatic carbocycles. The number of sulfonamides is 1. The third-order valence-electron chi connectivity index (χ3n) is 4.81. The number of para-hydroxylation sites is 1. The van der Waals surface area contributed by atoms with Gasteiger partial charge in [0.1, 0.15) is 6.04 Å². The molecule has 3 rings (SSSR count). The summed E-state index contributed by atoms with van der Waals surface area (Å²) in [5.74, 6) is 0.0163. The summed E-state index contributed by atoms with van der Waals surface area (Å²) in [6, 6.07) is 8.81.